The first-order valence-corrected chi connectivity index (χ1v) is 9.07. The first-order chi connectivity index (χ1) is 14.0. The summed E-state index contributed by atoms with van der Waals surface area (Å²) >= 11 is 0. The van der Waals surface area contributed by atoms with Crippen LogP contribution < -0.4 is 19.5 Å². The van der Waals surface area contributed by atoms with Crippen molar-refractivity contribution in [3.05, 3.63) is 65.7 Å². The zero-order chi connectivity index (χ0) is 20.8. The smallest absolute Gasteiger partial charge is 0.251 e. The van der Waals surface area contributed by atoms with Gasteiger partial charge in [-0.05, 0) is 42.3 Å². The number of aromatic nitrogens is 3. The van der Waals surface area contributed by atoms with Gasteiger partial charge in [0.25, 0.3) is 5.91 Å². The molecule has 0 aliphatic heterocycles. The normalized spacial score (nSPS) is 11.6. The van der Waals surface area contributed by atoms with Crippen LogP contribution in [0.2, 0.25) is 0 Å². The zero-order valence-electron chi connectivity index (χ0n) is 16.9. The van der Waals surface area contributed by atoms with Gasteiger partial charge in [0.2, 0.25) is 5.75 Å². The Balaban J connectivity index is 1.71. The zero-order valence-corrected chi connectivity index (χ0v) is 16.9. The number of hydrogen-bond acceptors (Lipinski definition) is 6. The lowest BCUT2D eigenvalue weighted by atomic mass is 10.1. The van der Waals surface area contributed by atoms with Crippen LogP contribution in [-0.2, 0) is 6.54 Å². The molecule has 1 unspecified atom stereocenters. The highest BCUT2D eigenvalue weighted by molar-refractivity contribution is 5.94. The molecule has 1 heterocycles. The van der Waals surface area contributed by atoms with E-state index in [-0.39, 0.29) is 11.9 Å². The second-order valence-corrected chi connectivity index (χ2v) is 6.44. The van der Waals surface area contributed by atoms with Gasteiger partial charge in [-0.1, -0.05) is 12.1 Å². The minimum Gasteiger partial charge on any atom is -0.493 e. The molecule has 1 aromatic heterocycles. The molecule has 29 heavy (non-hydrogen) atoms. The molecule has 0 fully saturated rings. The molecule has 8 nitrogen and oxygen atoms in total. The van der Waals surface area contributed by atoms with Gasteiger partial charge in [-0.3, -0.25) is 4.79 Å². The Hall–Kier alpha value is -3.55. The van der Waals surface area contributed by atoms with Gasteiger partial charge in [0.15, 0.2) is 11.5 Å². The number of carbonyl (C=O) groups is 1. The monoisotopic (exact) mass is 396 g/mol. The number of methoxy groups -OCH3 is 3. The fourth-order valence-corrected chi connectivity index (χ4v) is 2.98. The second-order valence-electron chi connectivity index (χ2n) is 6.44. The molecule has 0 saturated carbocycles. The molecule has 1 atom stereocenters. The summed E-state index contributed by atoms with van der Waals surface area (Å²) in [6, 6.07) is 10.8. The molecule has 3 aromatic rings. The van der Waals surface area contributed by atoms with Gasteiger partial charge in [-0.15, -0.1) is 0 Å². The third kappa shape index (κ3) is 4.66. The quantitative estimate of drug-likeness (QED) is 0.630. The van der Waals surface area contributed by atoms with Crippen LogP contribution in [0.15, 0.2) is 49.1 Å². The van der Waals surface area contributed by atoms with E-state index in [1.807, 2.05) is 31.2 Å². The summed E-state index contributed by atoms with van der Waals surface area (Å²) in [5.74, 6) is 1.43. The van der Waals surface area contributed by atoms with Crippen molar-refractivity contribution in [3.63, 3.8) is 0 Å². The molecule has 0 aliphatic carbocycles. The van der Waals surface area contributed by atoms with Gasteiger partial charge in [0, 0.05) is 5.56 Å². The lowest BCUT2D eigenvalue weighted by Gasteiger charge is -2.19. The lowest BCUT2D eigenvalue weighted by molar-refractivity contribution is 0.0939. The van der Waals surface area contributed by atoms with Crippen LogP contribution in [0.25, 0.3) is 0 Å². The molecular formula is C21H24N4O4. The molecule has 3 rings (SSSR count). The maximum atomic E-state index is 12.7. The molecule has 0 saturated heterocycles. The number of carbonyl (C=O) groups excluding carboxylic acids is 1. The summed E-state index contributed by atoms with van der Waals surface area (Å²) in [5.41, 5.74) is 2.45. The summed E-state index contributed by atoms with van der Waals surface area (Å²) < 4.78 is 17.8. The van der Waals surface area contributed by atoms with Gasteiger partial charge < -0.3 is 19.5 Å². The summed E-state index contributed by atoms with van der Waals surface area (Å²) in [4.78, 5) is 16.6. The van der Waals surface area contributed by atoms with Crippen molar-refractivity contribution in [1.29, 1.82) is 0 Å². The predicted molar refractivity (Wildman–Crippen MR) is 108 cm³/mol. The lowest BCUT2D eigenvalue weighted by Crippen LogP contribution is -2.26. The van der Waals surface area contributed by atoms with Crippen molar-refractivity contribution in [1.82, 2.24) is 20.1 Å². The first kappa shape index (κ1) is 20.2. The second kappa shape index (κ2) is 9.09. The highest BCUT2D eigenvalue weighted by atomic mass is 16.5. The van der Waals surface area contributed by atoms with Crippen molar-refractivity contribution >= 4 is 5.91 Å². The van der Waals surface area contributed by atoms with Gasteiger partial charge in [-0.2, -0.15) is 5.10 Å². The van der Waals surface area contributed by atoms with Crippen LogP contribution in [0.4, 0.5) is 0 Å². The fraction of sp³-hybridized carbons (Fsp3) is 0.286. The Bertz CT molecular complexity index is 930. The minimum atomic E-state index is -0.258. The molecule has 1 N–H and O–H groups in total. The van der Waals surface area contributed by atoms with Crippen LogP contribution in [0.1, 0.15) is 34.5 Å². The van der Waals surface area contributed by atoms with Crippen molar-refractivity contribution in [2.24, 2.45) is 0 Å². The maximum absolute atomic E-state index is 12.7. The van der Waals surface area contributed by atoms with E-state index in [0.717, 1.165) is 11.1 Å². The summed E-state index contributed by atoms with van der Waals surface area (Å²) in [6.45, 7) is 2.50. The van der Waals surface area contributed by atoms with Crippen molar-refractivity contribution < 1.29 is 19.0 Å². The number of amides is 1. The van der Waals surface area contributed by atoms with Crippen LogP contribution >= 0.6 is 0 Å². The fourth-order valence-electron chi connectivity index (χ4n) is 2.98. The van der Waals surface area contributed by atoms with E-state index in [2.05, 4.69) is 15.4 Å². The van der Waals surface area contributed by atoms with E-state index in [1.165, 1.54) is 6.33 Å². The molecule has 0 radical (unpaired) electrons. The topological polar surface area (TPSA) is 87.5 Å². The molecule has 8 heteroatoms. The largest absolute Gasteiger partial charge is 0.493 e. The van der Waals surface area contributed by atoms with Crippen molar-refractivity contribution in [3.8, 4) is 17.2 Å². The number of nitrogens with one attached hydrogen (secondary N) is 1. The highest BCUT2D eigenvalue weighted by Crippen LogP contribution is 2.39. The average Bonchev–Trinajstić information content (AvgIpc) is 3.25. The standard InChI is InChI=1S/C21H24N4O4/c1-14(17-9-18(27-2)20(29-4)19(10-17)28-3)24-21(26)16-7-5-15(6-8-16)11-25-13-22-12-23-25/h5-10,12-14H,11H2,1-4H3,(H,24,26). The summed E-state index contributed by atoms with van der Waals surface area (Å²) in [7, 11) is 4.67. The van der Waals surface area contributed by atoms with Gasteiger partial charge in [-0.25, -0.2) is 9.67 Å². The summed E-state index contributed by atoms with van der Waals surface area (Å²) in [6.07, 6.45) is 3.14. The van der Waals surface area contributed by atoms with E-state index < -0.39 is 0 Å². The van der Waals surface area contributed by atoms with Crippen LogP contribution in [0.5, 0.6) is 17.2 Å². The molecule has 152 valence electrons. The van der Waals surface area contributed by atoms with Crippen LogP contribution in [0.3, 0.4) is 0 Å². The Morgan fingerprint density at radius 3 is 2.24 bits per heavy atom. The number of nitrogens with zero attached hydrogens (tertiary/aromatic N) is 3. The number of hydrogen-bond donors (Lipinski definition) is 1. The van der Waals surface area contributed by atoms with Crippen molar-refractivity contribution in [2.75, 3.05) is 21.3 Å². The Morgan fingerprint density at radius 1 is 1.07 bits per heavy atom. The number of ether oxygens (including phenoxy) is 3. The van der Waals surface area contributed by atoms with Crippen molar-refractivity contribution in [2.45, 2.75) is 19.5 Å². The van der Waals surface area contributed by atoms with Crippen LogP contribution in [0, 0.1) is 0 Å². The van der Waals surface area contributed by atoms with E-state index in [4.69, 9.17) is 14.2 Å². The maximum Gasteiger partial charge on any atom is 0.251 e. The molecule has 0 bridgehead atoms. The predicted octanol–water partition coefficient (Wildman–Crippen LogP) is 2.84. The van der Waals surface area contributed by atoms with E-state index in [9.17, 15) is 4.79 Å². The molecule has 0 spiro atoms. The number of benzene rings is 2. The molecular weight excluding hydrogens is 372 g/mol. The first-order valence-electron chi connectivity index (χ1n) is 9.07. The SMILES string of the molecule is COc1cc(C(C)NC(=O)c2ccc(Cn3cncn3)cc2)cc(OC)c1OC. The highest BCUT2D eigenvalue weighted by Gasteiger charge is 2.18. The molecule has 1 amide bonds. The Labute approximate surface area is 169 Å². The van der Waals surface area contributed by atoms with Gasteiger partial charge in [0.1, 0.15) is 12.7 Å². The van der Waals surface area contributed by atoms with Crippen LogP contribution in [-0.4, -0.2) is 42.0 Å². The summed E-state index contributed by atoms with van der Waals surface area (Å²) in [5, 5.41) is 7.08. The third-order valence-corrected chi connectivity index (χ3v) is 4.56. The Kier molecular flexibility index (Phi) is 6.33. The van der Waals surface area contributed by atoms with E-state index in [1.54, 1.807) is 44.5 Å². The number of rotatable bonds is 8. The molecule has 0 aliphatic rings. The minimum absolute atomic E-state index is 0.168. The molecule has 2 aromatic carbocycles. The average molecular weight is 396 g/mol. The Morgan fingerprint density at radius 2 is 1.72 bits per heavy atom. The van der Waals surface area contributed by atoms with E-state index >= 15 is 0 Å². The van der Waals surface area contributed by atoms with E-state index in [0.29, 0.717) is 29.4 Å². The van der Waals surface area contributed by atoms with Gasteiger partial charge in [0.05, 0.1) is 33.9 Å². The third-order valence-electron chi connectivity index (χ3n) is 4.56. The van der Waals surface area contributed by atoms with Gasteiger partial charge >= 0.3 is 0 Å².